The van der Waals surface area contributed by atoms with Gasteiger partial charge in [0.25, 0.3) is 0 Å². The fraction of sp³-hybridized carbons (Fsp3) is 0.500. The third kappa shape index (κ3) is 4.06. The van der Waals surface area contributed by atoms with E-state index in [4.69, 9.17) is 23.8 Å². The van der Waals surface area contributed by atoms with Crippen molar-refractivity contribution in [2.45, 2.75) is 13.3 Å². The summed E-state index contributed by atoms with van der Waals surface area (Å²) in [5.41, 5.74) is 2.05. The number of benzene rings is 1. The van der Waals surface area contributed by atoms with Crippen molar-refractivity contribution >= 4 is 34.6 Å². The van der Waals surface area contributed by atoms with E-state index >= 15 is 0 Å². The van der Waals surface area contributed by atoms with E-state index in [9.17, 15) is 0 Å². The van der Waals surface area contributed by atoms with Crippen LogP contribution in [0.5, 0.6) is 0 Å². The number of thiocarbonyl (C=S) groups is 1. The summed E-state index contributed by atoms with van der Waals surface area (Å²) >= 11 is 11.6. The van der Waals surface area contributed by atoms with E-state index in [0.29, 0.717) is 0 Å². The van der Waals surface area contributed by atoms with E-state index in [1.807, 2.05) is 25.1 Å². The number of quaternary nitrogens is 1. The molecule has 1 aromatic rings. The second kappa shape index (κ2) is 6.55. The maximum Gasteiger partial charge on any atom is 0.173 e. The van der Waals surface area contributed by atoms with E-state index in [2.05, 4.69) is 17.3 Å². The van der Waals surface area contributed by atoms with Gasteiger partial charge in [-0.2, -0.15) is 0 Å². The van der Waals surface area contributed by atoms with Crippen molar-refractivity contribution in [3.63, 3.8) is 0 Å². The van der Waals surface area contributed by atoms with E-state index in [1.54, 1.807) is 4.90 Å². The Morgan fingerprint density at radius 3 is 2.89 bits per heavy atom. The molecule has 1 heterocycles. The molecule has 1 aliphatic heterocycles. The van der Waals surface area contributed by atoms with Crippen LogP contribution in [0.25, 0.3) is 0 Å². The standard InChI is InChI=1S/C14H20ClN3S/c1-11-4-5-12(10-13(11)15)16-14(19)18-7-3-6-17(2)8-9-18/h4-5,10H,3,6-9H2,1-2H3,(H,16,19)/p+1. The van der Waals surface area contributed by atoms with Gasteiger partial charge in [-0.3, -0.25) is 0 Å². The third-order valence-electron chi connectivity index (χ3n) is 3.55. The van der Waals surface area contributed by atoms with Gasteiger partial charge in [0.15, 0.2) is 5.11 Å². The number of aryl methyl sites for hydroxylation is 1. The van der Waals surface area contributed by atoms with Gasteiger partial charge in [0.05, 0.1) is 26.7 Å². The SMILES string of the molecule is Cc1ccc(NC(=S)N2CCC[NH+](C)CC2)cc1Cl. The summed E-state index contributed by atoms with van der Waals surface area (Å²) in [4.78, 5) is 3.82. The molecule has 0 radical (unpaired) electrons. The van der Waals surface area contributed by atoms with Crippen LogP contribution in [0.3, 0.4) is 0 Å². The molecule has 2 rings (SSSR count). The molecule has 1 aliphatic rings. The Morgan fingerprint density at radius 1 is 1.37 bits per heavy atom. The number of nitrogens with one attached hydrogen (secondary N) is 2. The fourth-order valence-electron chi connectivity index (χ4n) is 2.21. The first-order valence-corrected chi connectivity index (χ1v) is 7.48. The molecule has 0 saturated carbocycles. The van der Waals surface area contributed by atoms with Crippen LogP contribution in [0.15, 0.2) is 18.2 Å². The Kier molecular flexibility index (Phi) is 5.02. The summed E-state index contributed by atoms with van der Waals surface area (Å²) in [6.45, 7) is 6.39. The monoisotopic (exact) mass is 298 g/mol. The van der Waals surface area contributed by atoms with Crippen LogP contribution in [-0.4, -0.2) is 43.2 Å². The molecular formula is C14H21ClN3S+. The molecule has 0 spiro atoms. The second-order valence-electron chi connectivity index (χ2n) is 5.19. The molecular weight excluding hydrogens is 278 g/mol. The molecule has 1 atom stereocenters. The molecule has 5 heteroatoms. The zero-order valence-electron chi connectivity index (χ0n) is 11.5. The van der Waals surface area contributed by atoms with Gasteiger partial charge in [-0.25, -0.2) is 0 Å². The fourth-order valence-corrected chi connectivity index (χ4v) is 2.69. The normalized spacial score (nSPS) is 19.9. The minimum Gasteiger partial charge on any atom is -0.343 e. The average molecular weight is 299 g/mol. The van der Waals surface area contributed by atoms with Gasteiger partial charge in [-0.15, -0.1) is 0 Å². The van der Waals surface area contributed by atoms with Crippen LogP contribution in [0.4, 0.5) is 5.69 Å². The minimum atomic E-state index is 0.771. The summed E-state index contributed by atoms with van der Waals surface area (Å²) in [6, 6.07) is 5.95. The van der Waals surface area contributed by atoms with Crippen LogP contribution in [0.2, 0.25) is 5.02 Å². The van der Waals surface area contributed by atoms with Crippen LogP contribution in [0, 0.1) is 6.92 Å². The van der Waals surface area contributed by atoms with Gasteiger partial charge in [0, 0.05) is 23.7 Å². The number of anilines is 1. The highest BCUT2D eigenvalue weighted by atomic mass is 35.5. The molecule has 0 bridgehead atoms. The quantitative estimate of drug-likeness (QED) is 0.768. The molecule has 1 aromatic carbocycles. The number of hydrogen-bond donors (Lipinski definition) is 2. The van der Waals surface area contributed by atoms with Crippen molar-refractivity contribution in [1.29, 1.82) is 0 Å². The lowest BCUT2D eigenvalue weighted by Crippen LogP contribution is -3.09. The van der Waals surface area contributed by atoms with Crippen LogP contribution in [-0.2, 0) is 0 Å². The molecule has 0 amide bonds. The van der Waals surface area contributed by atoms with Gasteiger partial charge >= 0.3 is 0 Å². The van der Waals surface area contributed by atoms with Gasteiger partial charge < -0.3 is 15.1 Å². The molecule has 0 aromatic heterocycles. The van der Waals surface area contributed by atoms with Crippen molar-refractivity contribution in [1.82, 2.24) is 4.90 Å². The maximum absolute atomic E-state index is 6.13. The lowest BCUT2D eigenvalue weighted by molar-refractivity contribution is -0.877. The first kappa shape index (κ1) is 14.6. The predicted molar refractivity (Wildman–Crippen MR) is 85.2 cm³/mol. The van der Waals surface area contributed by atoms with Gasteiger partial charge in [0.2, 0.25) is 0 Å². The van der Waals surface area contributed by atoms with Gasteiger partial charge in [-0.1, -0.05) is 17.7 Å². The molecule has 1 fully saturated rings. The Morgan fingerprint density at radius 2 is 2.16 bits per heavy atom. The van der Waals surface area contributed by atoms with Crippen LogP contribution < -0.4 is 10.2 Å². The zero-order chi connectivity index (χ0) is 13.8. The van der Waals surface area contributed by atoms with Crippen molar-refractivity contribution < 1.29 is 4.90 Å². The highest BCUT2D eigenvalue weighted by Gasteiger charge is 2.16. The lowest BCUT2D eigenvalue weighted by atomic mass is 10.2. The topological polar surface area (TPSA) is 19.7 Å². The second-order valence-corrected chi connectivity index (χ2v) is 5.99. The zero-order valence-corrected chi connectivity index (χ0v) is 13.1. The van der Waals surface area contributed by atoms with Crippen LogP contribution >= 0.6 is 23.8 Å². The van der Waals surface area contributed by atoms with Crippen LogP contribution in [0.1, 0.15) is 12.0 Å². The Balaban J connectivity index is 1.98. The number of rotatable bonds is 1. The van der Waals surface area contributed by atoms with Crippen molar-refractivity contribution in [2.24, 2.45) is 0 Å². The lowest BCUT2D eigenvalue weighted by Gasteiger charge is -2.23. The molecule has 1 saturated heterocycles. The first-order chi connectivity index (χ1) is 9.06. The number of likely N-dealkylation sites (N-methyl/N-ethyl adjacent to an activating group) is 1. The average Bonchev–Trinajstić information content (AvgIpc) is 2.59. The summed E-state index contributed by atoms with van der Waals surface area (Å²) in [5, 5.41) is 4.86. The number of hydrogen-bond acceptors (Lipinski definition) is 1. The molecule has 3 nitrogen and oxygen atoms in total. The first-order valence-electron chi connectivity index (χ1n) is 6.69. The van der Waals surface area contributed by atoms with E-state index in [1.165, 1.54) is 13.0 Å². The Labute approximate surface area is 125 Å². The van der Waals surface area contributed by atoms with Gasteiger partial charge in [0.1, 0.15) is 0 Å². The highest BCUT2D eigenvalue weighted by molar-refractivity contribution is 7.80. The van der Waals surface area contributed by atoms with Crippen molar-refractivity contribution in [3.8, 4) is 0 Å². The molecule has 2 N–H and O–H groups in total. The summed E-state index contributed by atoms with van der Waals surface area (Å²) < 4.78 is 0. The molecule has 19 heavy (non-hydrogen) atoms. The molecule has 0 aliphatic carbocycles. The third-order valence-corrected chi connectivity index (χ3v) is 4.32. The largest absolute Gasteiger partial charge is 0.343 e. The van der Waals surface area contributed by atoms with E-state index in [0.717, 1.165) is 41.0 Å². The summed E-state index contributed by atoms with van der Waals surface area (Å²) in [5.74, 6) is 0. The smallest absolute Gasteiger partial charge is 0.173 e. The Hall–Kier alpha value is -0.840. The minimum absolute atomic E-state index is 0.771. The maximum atomic E-state index is 6.13. The predicted octanol–water partition coefficient (Wildman–Crippen LogP) is 1.57. The molecule has 104 valence electrons. The van der Waals surface area contributed by atoms with Crippen molar-refractivity contribution in [2.75, 3.05) is 38.5 Å². The van der Waals surface area contributed by atoms with E-state index in [-0.39, 0.29) is 0 Å². The summed E-state index contributed by atoms with van der Waals surface area (Å²) in [7, 11) is 2.24. The number of halogens is 1. The van der Waals surface area contributed by atoms with Crippen molar-refractivity contribution in [3.05, 3.63) is 28.8 Å². The summed E-state index contributed by atoms with van der Waals surface area (Å²) in [6.07, 6.45) is 1.18. The Bertz CT molecular complexity index is 464. The number of nitrogens with zero attached hydrogens (tertiary/aromatic N) is 1. The van der Waals surface area contributed by atoms with E-state index < -0.39 is 0 Å². The molecule has 1 unspecified atom stereocenters. The highest BCUT2D eigenvalue weighted by Crippen LogP contribution is 2.20. The van der Waals surface area contributed by atoms with Gasteiger partial charge in [-0.05, 0) is 36.8 Å².